The van der Waals surface area contributed by atoms with Crippen molar-refractivity contribution in [3.8, 4) is 0 Å². The Morgan fingerprint density at radius 1 is 1.17 bits per heavy atom. The van der Waals surface area contributed by atoms with Crippen LogP contribution in [0.15, 0.2) is 30.3 Å². The zero-order valence-electron chi connectivity index (χ0n) is 10.5. The normalized spacial score (nSPS) is 10.1. The van der Waals surface area contributed by atoms with Gasteiger partial charge in [-0.2, -0.15) is 0 Å². The summed E-state index contributed by atoms with van der Waals surface area (Å²) in [4.78, 5) is 11.3. The lowest BCUT2D eigenvalue weighted by Gasteiger charge is -2.09. The van der Waals surface area contributed by atoms with E-state index in [-0.39, 0.29) is 6.03 Å². The van der Waals surface area contributed by atoms with Crippen molar-refractivity contribution in [2.75, 3.05) is 19.8 Å². The molecule has 6 heteroatoms. The quantitative estimate of drug-likeness (QED) is 0.402. The second-order valence-electron chi connectivity index (χ2n) is 3.54. The highest BCUT2D eigenvalue weighted by Gasteiger charge is 1.97. The van der Waals surface area contributed by atoms with Crippen LogP contribution in [-0.4, -0.2) is 25.8 Å². The molecular weight excluding hydrogens is 232 g/mol. The average molecular weight is 252 g/mol. The number of hydrogen-bond acceptors (Lipinski definition) is 4. The second kappa shape index (κ2) is 9.41. The van der Waals surface area contributed by atoms with E-state index in [1.807, 2.05) is 37.3 Å². The number of rotatable bonds is 8. The van der Waals surface area contributed by atoms with Crippen molar-refractivity contribution in [3.63, 3.8) is 0 Å². The Kier molecular flexibility index (Phi) is 7.54. The van der Waals surface area contributed by atoms with Crippen molar-refractivity contribution in [2.24, 2.45) is 0 Å². The van der Waals surface area contributed by atoms with Gasteiger partial charge in [-0.25, -0.2) is 15.6 Å². The number of hydrogen-bond donors (Lipinski definition) is 4. The van der Waals surface area contributed by atoms with Crippen LogP contribution in [0.5, 0.6) is 0 Å². The first-order valence-electron chi connectivity index (χ1n) is 5.96. The third-order valence-electron chi connectivity index (χ3n) is 2.11. The van der Waals surface area contributed by atoms with Crippen LogP contribution in [0.2, 0.25) is 0 Å². The van der Waals surface area contributed by atoms with Gasteiger partial charge in [0.15, 0.2) is 0 Å². The molecule has 0 aliphatic heterocycles. The molecule has 0 unspecified atom stereocenters. The Hall–Kier alpha value is -1.63. The molecule has 6 nitrogen and oxygen atoms in total. The SMILES string of the molecule is CCOCCNNC(=O)NNCc1ccccc1. The van der Waals surface area contributed by atoms with Gasteiger partial charge in [0.25, 0.3) is 0 Å². The van der Waals surface area contributed by atoms with Crippen molar-refractivity contribution in [1.29, 1.82) is 0 Å². The molecular formula is C12H20N4O2. The Morgan fingerprint density at radius 2 is 1.89 bits per heavy atom. The minimum absolute atomic E-state index is 0.331. The standard InChI is InChI=1S/C12H20N4O2/c1-2-18-9-8-13-15-12(17)16-14-10-11-6-4-3-5-7-11/h3-7,13-14H,2,8-10H2,1H3,(H2,15,16,17). The van der Waals surface area contributed by atoms with Crippen LogP contribution in [0.1, 0.15) is 12.5 Å². The van der Waals surface area contributed by atoms with Gasteiger partial charge in [0.05, 0.1) is 6.61 Å². The fraction of sp³-hybridized carbons (Fsp3) is 0.417. The topological polar surface area (TPSA) is 74.4 Å². The molecule has 0 fully saturated rings. The summed E-state index contributed by atoms with van der Waals surface area (Å²) >= 11 is 0. The molecule has 0 aliphatic rings. The zero-order valence-corrected chi connectivity index (χ0v) is 10.5. The molecule has 18 heavy (non-hydrogen) atoms. The van der Waals surface area contributed by atoms with Gasteiger partial charge >= 0.3 is 6.03 Å². The van der Waals surface area contributed by atoms with Crippen molar-refractivity contribution in [2.45, 2.75) is 13.5 Å². The van der Waals surface area contributed by atoms with Gasteiger partial charge in [-0.15, -0.1) is 0 Å². The van der Waals surface area contributed by atoms with Crippen LogP contribution in [0, 0.1) is 0 Å². The molecule has 0 heterocycles. The van der Waals surface area contributed by atoms with Crippen molar-refractivity contribution in [1.82, 2.24) is 21.7 Å². The fourth-order valence-corrected chi connectivity index (χ4v) is 1.26. The summed E-state index contributed by atoms with van der Waals surface area (Å²) in [6.45, 7) is 4.31. The molecule has 0 spiro atoms. The highest BCUT2D eigenvalue weighted by molar-refractivity contribution is 5.72. The Labute approximate surface area is 107 Å². The van der Waals surface area contributed by atoms with Crippen LogP contribution in [-0.2, 0) is 11.3 Å². The van der Waals surface area contributed by atoms with Gasteiger partial charge in [-0.1, -0.05) is 30.3 Å². The number of benzene rings is 1. The number of nitrogens with one attached hydrogen (secondary N) is 4. The third kappa shape index (κ3) is 6.85. The summed E-state index contributed by atoms with van der Waals surface area (Å²) in [5.74, 6) is 0. The third-order valence-corrected chi connectivity index (χ3v) is 2.11. The monoisotopic (exact) mass is 252 g/mol. The maximum atomic E-state index is 11.3. The largest absolute Gasteiger partial charge is 0.380 e. The maximum Gasteiger partial charge on any atom is 0.343 e. The average Bonchev–Trinajstić information content (AvgIpc) is 2.40. The van der Waals surface area contributed by atoms with E-state index < -0.39 is 0 Å². The first-order valence-corrected chi connectivity index (χ1v) is 5.96. The van der Waals surface area contributed by atoms with Crippen LogP contribution < -0.4 is 21.7 Å². The lowest BCUT2D eigenvalue weighted by atomic mass is 10.2. The summed E-state index contributed by atoms with van der Waals surface area (Å²) in [6, 6.07) is 9.48. The summed E-state index contributed by atoms with van der Waals surface area (Å²) in [5, 5.41) is 0. The van der Waals surface area contributed by atoms with Gasteiger partial charge in [-0.3, -0.25) is 10.9 Å². The smallest absolute Gasteiger partial charge is 0.343 e. The molecule has 0 aromatic heterocycles. The van der Waals surface area contributed by atoms with Gasteiger partial charge in [0.2, 0.25) is 0 Å². The molecule has 0 aliphatic carbocycles. The highest BCUT2D eigenvalue weighted by Crippen LogP contribution is 1.95. The number of urea groups is 1. The van der Waals surface area contributed by atoms with E-state index in [9.17, 15) is 4.79 Å². The Morgan fingerprint density at radius 3 is 2.61 bits per heavy atom. The highest BCUT2D eigenvalue weighted by atomic mass is 16.5. The van der Waals surface area contributed by atoms with E-state index in [0.29, 0.717) is 26.3 Å². The molecule has 0 saturated heterocycles. The molecule has 1 aromatic rings. The minimum atomic E-state index is -0.331. The zero-order chi connectivity index (χ0) is 13.1. The molecule has 2 amide bonds. The molecule has 4 N–H and O–H groups in total. The van der Waals surface area contributed by atoms with Gasteiger partial charge in [0.1, 0.15) is 0 Å². The summed E-state index contributed by atoms with van der Waals surface area (Å²) in [6.07, 6.45) is 0. The van der Waals surface area contributed by atoms with Crippen LogP contribution in [0.4, 0.5) is 4.79 Å². The summed E-state index contributed by atoms with van der Waals surface area (Å²) < 4.78 is 5.10. The van der Waals surface area contributed by atoms with Crippen molar-refractivity contribution >= 4 is 6.03 Å². The summed E-state index contributed by atoms with van der Waals surface area (Å²) in [7, 11) is 0. The van der Waals surface area contributed by atoms with Gasteiger partial charge in [0, 0.05) is 19.7 Å². The molecule has 0 atom stereocenters. The molecule has 1 rings (SSSR count). The predicted molar refractivity (Wildman–Crippen MR) is 69.4 cm³/mol. The molecule has 0 radical (unpaired) electrons. The second-order valence-corrected chi connectivity index (χ2v) is 3.54. The number of carbonyl (C=O) groups is 1. The lowest BCUT2D eigenvalue weighted by Crippen LogP contribution is -2.49. The van der Waals surface area contributed by atoms with E-state index in [2.05, 4.69) is 21.7 Å². The van der Waals surface area contributed by atoms with E-state index in [1.54, 1.807) is 0 Å². The number of hydrazine groups is 2. The Bertz CT molecular complexity index is 332. The van der Waals surface area contributed by atoms with Crippen LogP contribution in [0.3, 0.4) is 0 Å². The minimum Gasteiger partial charge on any atom is -0.380 e. The van der Waals surface area contributed by atoms with Crippen molar-refractivity contribution < 1.29 is 9.53 Å². The first kappa shape index (κ1) is 14.4. The summed E-state index contributed by atoms with van der Waals surface area (Å²) in [5.41, 5.74) is 11.7. The van der Waals surface area contributed by atoms with E-state index in [4.69, 9.17) is 4.74 Å². The lowest BCUT2D eigenvalue weighted by molar-refractivity contribution is 0.146. The molecule has 0 saturated carbocycles. The number of carbonyl (C=O) groups excluding carboxylic acids is 1. The number of amides is 2. The predicted octanol–water partition coefficient (Wildman–Crippen LogP) is 0.532. The maximum absolute atomic E-state index is 11.3. The van der Waals surface area contributed by atoms with Crippen LogP contribution in [0.25, 0.3) is 0 Å². The van der Waals surface area contributed by atoms with Gasteiger partial charge < -0.3 is 4.74 Å². The number of ether oxygens (including phenoxy) is 1. The van der Waals surface area contributed by atoms with E-state index >= 15 is 0 Å². The van der Waals surface area contributed by atoms with Crippen LogP contribution >= 0.6 is 0 Å². The first-order chi connectivity index (χ1) is 8.83. The van der Waals surface area contributed by atoms with Gasteiger partial charge in [-0.05, 0) is 12.5 Å². The Balaban J connectivity index is 2.00. The van der Waals surface area contributed by atoms with E-state index in [0.717, 1.165) is 5.56 Å². The van der Waals surface area contributed by atoms with E-state index in [1.165, 1.54) is 0 Å². The van der Waals surface area contributed by atoms with Crippen molar-refractivity contribution in [3.05, 3.63) is 35.9 Å². The molecule has 100 valence electrons. The fourth-order valence-electron chi connectivity index (χ4n) is 1.26. The molecule has 0 bridgehead atoms. The molecule has 1 aromatic carbocycles.